The number of anilines is 1. The maximum absolute atomic E-state index is 12.5. The minimum absolute atomic E-state index is 0.172. The Kier molecular flexibility index (Phi) is 4.02. The summed E-state index contributed by atoms with van der Waals surface area (Å²) in [5, 5.41) is 11.5. The Bertz CT molecular complexity index is 794. The first kappa shape index (κ1) is 15.5. The smallest absolute Gasteiger partial charge is 0.351 e. The Balaban J connectivity index is 2.10. The molecule has 0 amide bonds. The van der Waals surface area contributed by atoms with Gasteiger partial charge in [-0.3, -0.25) is 19.3 Å². The Morgan fingerprint density at radius 1 is 1.30 bits per heavy atom. The van der Waals surface area contributed by atoms with Crippen molar-refractivity contribution in [3.05, 3.63) is 44.9 Å². The molecule has 122 valence electrons. The van der Waals surface area contributed by atoms with Gasteiger partial charge >= 0.3 is 11.2 Å². The molecule has 3 rings (SSSR count). The Morgan fingerprint density at radius 3 is 2.65 bits per heavy atom. The van der Waals surface area contributed by atoms with Gasteiger partial charge in [0.15, 0.2) is 0 Å². The molecule has 0 radical (unpaired) electrons. The molecule has 7 nitrogen and oxygen atoms in total. The number of rotatable bonds is 3. The van der Waals surface area contributed by atoms with Crippen LogP contribution in [0.4, 0.5) is 11.5 Å². The van der Waals surface area contributed by atoms with Crippen LogP contribution in [0.5, 0.6) is 0 Å². The van der Waals surface area contributed by atoms with Crippen molar-refractivity contribution in [1.29, 1.82) is 0 Å². The predicted molar refractivity (Wildman–Crippen MR) is 87.9 cm³/mol. The zero-order chi connectivity index (χ0) is 16.6. The van der Waals surface area contributed by atoms with Crippen LogP contribution >= 0.6 is 0 Å². The van der Waals surface area contributed by atoms with Gasteiger partial charge in [0, 0.05) is 19.3 Å². The summed E-state index contributed by atoms with van der Waals surface area (Å²) in [5.41, 5.74) is -0.657. The summed E-state index contributed by atoms with van der Waals surface area (Å²) in [6.07, 6.45) is 5.61. The first-order valence-corrected chi connectivity index (χ1v) is 7.87. The molecule has 0 saturated heterocycles. The van der Waals surface area contributed by atoms with Crippen LogP contribution in [-0.2, 0) is 0 Å². The van der Waals surface area contributed by atoms with Crippen molar-refractivity contribution in [2.75, 3.05) is 11.9 Å². The van der Waals surface area contributed by atoms with Gasteiger partial charge in [0.2, 0.25) is 5.82 Å². The first-order valence-electron chi connectivity index (χ1n) is 7.87. The maximum Gasteiger partial charge on any atom is 0.376 e. The van der Waals surface area contributed by atoms with Crippen molar-refractivity contribution in [3.63, 3.8) is 0 Å². The SMILES string of the molecule is CC1CCC(N(C)c2nc3ccccn3c(=O)c2[N+](=O)[O-])CC1. The lowest BCUT2D eigenvalue weighted by molar-refractivity contribution is -0.385. The molecule has 2 aromatic rings. The molecule has 0 unspecified atom stereocenters. The van der Waals surface area contributed by atoms with Crippen molar-refractivity contribution in [3.8, 4) is 0 Å². The van der Waals surface area contributed by atoms with E-state index in [-0.39, 0.29) is 11.9 Å². The fourth-order valence-electron chi connectivity index (χ4n) is 3.28. The summed E-state index contributed by atoms with van der Waals surface area (Å²) in [6, 6.07) is 5.29. The van der Waals surface area contributed by atoms with Gasteiger partial charge in [-0.1, -0.05) is 13.0 Å². The minimum Gasteiger partial charge on any atom is -0.351 e. The summed E-state index contributed by atoms with van der Waals surface area (Å²) >= 11 is 0. The van der Waals surface area contributed by atoms with Gasteiger partial charge in [-0.05, 0) is 43.7 Å². The molecule has 1 saturated carbocycles. The van der Waals surface area contributed by atoms with E-state index in [1.807, 2.05) is 4.90 Å². The maximum atomic E-state index is 12.5. The van der Waals surface area contributed by atoms with Gasteiger partial charge in [-0.2, -0.15) is 0 Å². The molecule has 0 atom stereocenters. The van der Waals surface area contributed by atoms with Crippen LogP contribution in [0, 0.1) is 16.0 Å². The molecule has 0 N–H and O–H groups in total. The van der Waals surface area contributed by atoms with Crippen molar-refractivity contribution in [2.45, 2.75) is 38.6 Å². The van der Waals surface area contributed by atoms with Crippen molar-refractivity contribution in [1.82, 2.24) is 9.38 Å². The molecular weight excluding hydrogens is 296 g/mol. The third kappa shape index (κ3) is 2.78. The number of aromatic nitrogens is 2. The molecule has 2 aromatic heterocycles. The highest BCUT2D eigenvalue weighted by molar-refractivity contribution is 5.61. The fraction of sp³-hybridized carbons (Fsp3) is 0.500. The monoisotopic (exact) mass is 316 g/mol. The van der Waals surface area contributed by atoms with E-state index in [9.17, 15) is 14.9 Å². The summed E-state index contributed by atoms with van der Waals surface area (Å²) < 4.78 is 1.22. The third-order valence-electron chi connectivity index (χ3n) is 4.74. The van der Waals surface area contributed by atoms with Gasteiger partial charge in [0.1, 0.15) is 5.65 Å². The Labute approximate surface area is 133 Å². The van der Waals surface area contributed by atoms with Crippen LogP contribution in [-0.4, -0.2) is 27.4 Å². The van der Waals surface area contributed by atoms with Crippen LogP contribution in [0.3, 0.4) is 0 Å². The van der Waals surface area contributed by atoms with Gasteiger partial charge in [0.05, 0.1) is 4.92 Å². The molecule has 0 spiro atoms. The second-order valence-corrected chi connectivity index (χ2v) is 6.30. The van der Waals surface area contributed by atoms with E-state index in [0.717, 1.165) is 25.7 Å². The van der Waals surface area contributed by atoms with Gasteiger partial charge in [-0.25, -0.2) is 4.98 Å². The zero-order valence-corrected chi connectivity index (χ0v) is 13.3. The van der Waals surface area contributed by atoms with Crippen molar-refractivity contribution >= 4 is 17.2 Å². The number of nitro groups is 1. The first-order chi connectivity index (χ1) is 11.0. The zero-order valence-electron chi connectivity index (χ0n) is 13.3. The highest BCUT2D eigenvalue weighted by Crippen LogP contribution is 2.31. The highest BCUT2D eigenvalue weighted by atomic mass is 16.6. The summed E-state index contributed by atoms with van der Waals surface area (Å²) in [4.78, 5) is 29.5. The molecule has 1 fully saturated rings. The summed E-state index contributed by atoms with van der Waals surface area (Å²) in [6.45, 7) is 2.22. The second kappa shape index (κ2) is 5.98. The quantitative estimate of drug-likeness (QED) is 0.642. The normalized spacial score (nSPS) is 21.3. The largest absolute Gasteiger partial charge is 0.376 e. The van der Waals surface area contributed by atoms with Gasteiger partial charge < -0.3 is 4.90 Å². The van der Waals surface area contributed by atoms with Crippen LogP contribution < -0.4 is 10.5 Å². The van der Waals surface area contributed by atoms with Crippen LogP contribution in [0.2, 0.25) is 0 Å². The van der Waals surface area contributed by atoms with Crippen LogP contribution in [0.15, 0.2) is 29.2 Å². The van der Waals surface area contributed by atoms with Crippen LogP contribution in [0.25, 0.3) is 5.65 Å². The lowest BCUT2D eigenvalue weighted by Gasteiger charge is -2.33. The average molecular weight is 316 g/mol. The van der Waals surface area contributed by atoms with E-state index < -0.39 is 16.2 Å². The van der Waals surface area contributed by atoms with E-state index in [2.05, 4.69) is 11.9 Å². The van der Waals surface area contributed by atoms with Crippen LogP contribution in [0.1, 0.15) is 32.6 Å². The van der Waals surface area contributed by atoms with Crippen molar-refractivity contribution < 1.29 is 4.92 Å². The van der Waals surface area contributed by atoms with E-state index in [4.69, 9.17) is 0 Å². The Morgan fingerprint density at radius 2 is 2.00 bits per heavy atom. The van der Waals surface area contributed by atoms with E-state index in [1.54, 1.807) is 25.2 Å². The Hall–Kier alpha value is -2.44. The third-order valence-corrected chi connectivity index (χ3v) is 4.74. The molecule has 0 aromatic carbocycles. The van der Waals surface area contributed by atoms with E-state index >= 15 is 0 Å². The lowest BCUT2D eigenvalue weighted by Crippen LogP contribution is -2.37. The highest BCUT2D eigenvalue weighted by Gasteiger charge is 2.30. The molecule has 1 aliphatic rings. The molecule has 0 bridgehead atoms. The predicted octanol–water partition coefficient (Wildman–Crippen LogP) is 2.62. The molecule has 2 heterocycles. The topological polar surface area (TPSA) is 80.8 Å². The number of hydrogen-bond donors (Lipinski definition) is 0. The fourth-order valence-corrected chi connectivity index (χ4v) is 3.28. The molecule has 0 aliphatic heterocycles. The molecular formula is C16H20N4O3. The standard InChI is InChI=1S/C16H20N4O3/c1-11-6-8-12(9-7-11)18(2)15-14(20(22)23)16(21)19-10-4-3-5-13(19)17-15/h3-5,10-12H,6-9H2,1-2H3. The van der Waals surface area contributed by atoms with E-state index in [0.29, 0.717) is 11.6 Å². The van der Waals surface area contributed by atoms with Gasteiger partial charge in [0.25, 0.3) is 0 Å². The number of fused-ring (bicyclic) bond motifs is 1. The lowest BCUT2D eigenvalue weighted by atomic mass is 9.87. The second-order valence-electron chi connectivity index (χ2n) is 6.30. The minimum atomic E-state index is -0.633. The summed E-state index contributed by atoms with van der Waals surface area (Å²) in [5.74, 6) is 0.857. The molecule has 1 aliphatic carbocycles. The van der Waals surface area contributed by atoms with E-state index in [1.165, 1.54) is 10.6 Å². The number of pyridine rings is 1. The number of nitrogens with zero attached hydrogens (tertiary/aromatic N) is 4. The van der Waals surface area contributed by atoms with Gasteiger partial charge in [-0.15, -0.1) is 0 Å². The summed E-state index contributed by atoms with van der Waals surface area (Å²) in [7, 11) is 1.80. The average Bonchev–Trinajstić information content (AvgIpc) is 2.54. The molecule has 7 heteroatoms. The number of hydrogen-bond acceptors (Lipinski definition) is 5. The molecule has 23 heavy (non-hydrogen) atoms. The van der Waals surface area contributed by atoms with Crippen molar-refractivity contribution in [2.24, 2.45) is 5.92 Å².